The van der Waals surface area contributed by atoms with Crippen molar-refractivity contribution < 1.29 is 13.6 Å². The number of rotatable bonds is 6. The van der Waals surface area contributed by atoms with Gasteiger partial charge in [0.2, 0.25) is 5.91 Å². The molecule has 0 spiro atoms. The van der Waals surface area contributed by atoms with Gasteiger partial charge in [-0.15, -0.1) is 0 Å². The third kappa shape index (κ3) is 4.08. The zero-order valence-corrected chi connectivity index (χ0v) is 19.2. The zero-order chi connectivity index (χ0) is 23.8. The molecule has 5 rings (SSSR count). The molecular formula is C26H27F2N5O. The van der Waals surface area contributed by atoms with Crippen LogP contribution in [0.5, 0.6) is 0 Å². The lowest BCUT2D eigenvalue weighted by atomic mass is 9.92. The molecule has 8 heteroatoms. The summed E-state index contributed by atoms with van der Waals surface area (Å²) in [6.07, 6.45) is 6.03. The Hall–Kier alpha value is -3.55. The number of nitrogens with one attached hydrogen (secondary N) is 1. The summed E-state index contributed by atoms with van der Waals surface area (Å²) in [7, 11) is 0. The minimum atomic E-state index is -0.958. The SMILES string of the molecule is CC(C)C(C(=O)NC1CCCc2c1cnn2Cc1ccccc1)n1cnc2cc(F)c(F)cc21. The van der Waals surface area contributed by atoms with E-state index in [1.54, 1.807) is 4.57 Å². The van der Waals surface area contributed by atoms with E-state index in [0.717, 1.165) is 42.7 Å². The van der Waals surface area contributed by atoms with Crippen LogP contribution in [-0.2, 0) is 17.8 Å². The molecule has 0 fully saturated rings. The van der Waals surface area contributed by atoms with Crippen LogP contribution in [0, 0.1) is 17.6 Å². The Kier molecular flexibility index (Phi) is 5.89. The Morgan fingerprint density at radius 3 is 2.71 bits per heavy atom. The highest BCUT2D eigenvalue weighted by atomic mass is 19.2. The number of benzene rings is 2. The number of aromatic nitrogens is 4. The predicted molar refractivity (Wildman–Crippen MR) is 125 cm³/mol. The number of amides is 1. The smallest absolute Gasteiger partial charge is 0.243 e. The Morgan fingerprint density at radius 2 is 1.94 bits per heavy atom. The van der Waals surface area contributed by atoms with Crippen molar-refractivity contribution in [2.24, 2.45) is 5.92 Å². The molecule has 4 aromatic rings. The maximum Gasteiger partial charge on any atom is 0.243 e. The molecule has 0 radical (unpaired) electrons. The van der Waals surface area contributed by atoms with Gasteiger partial charge in [-0.05, 0) is 30.7 Å². The number of nitrogens with zero attached hydrogens (tertiary/aromatic N) is 4. The highest BCUT2D eigenvalue weighted by molar-refractivity contribution is 5.84. The highest BCUT2D eigenvalue weighted by Crippen LogP contribution is 2.32. The molecule has 2 aromatic heterocycles. The van der Waals surface area contributed by atoms with Crippen molar-refractivity contribution in [3.05, 3.63) is 83.4 Å². The fourth-order valence-corrected chi connectivity index (χ4v) is 4.91. The second-order valence-electron chi connectivity index (χ2n) is 9.24. The van der Waals surface area contributed by atoms with E-state index in [1.807, 2.05) is 42.9 Å². The van der Waals surface area contributed by atoms with E-state index in [1.165, 1.54) is 11.9 Å². The Bertz CT molecular complexity index is 1330. The van der Waals surface area contributed by atoms with E-state index in [0.29, 0.717) is 17.6 Å². The summed E-state index contributed by atoms with van der Waals surface area (Å²) < 4.78 is 31.3. The van der Waals surface area contributed by atoms with Crippen molar-refractivity contribution in [2.75, 3.05) is 0 Å². The number of carbonyl (C=O) groups excluding carboxylic acids is 1. The molecule has 1 N–H and O–H groups in total. The summed E-state index contributed by atoms with van der Waals surface area (Å²) in [6, 6.07) is 11.6. The monoisotopic (exact) mass is 463 g/mol. The minimum Gasteiger partial charge on any atom is -0.347 e. The molecule has 1 aliphatic carbocycles. The molecule has 0 bridgehead atoms. The van der Waals surface area contributed by atoms with Gasteiger partial charge in [0, 0.05) is 23.4 Å². The van der Waals surface area contributed by atoms with Gasteiger partial charge in [0.25, 0.3) is 0 Å². The molecular weight excluding hydrogens is 436 g/mol. The fourth-order valence-electron chi connectivity index (χ4n) is 4.91. The zero-order valence-electron chi connectivity index (χ0n) is 19.2. The molecule has 1 amide bonds. The second kappa shape index (κ2) is 9.00. The highest BCUT2D eigenvalue weighted by Gasteiger charge is 2.31. The van der Waals surface area contributed by atoms with Crippen LogP contribution in [0.15, 0.2) is 55.0 Å². The van der Waals surface area contributed by atoms with Crippen LogP contribution in [0.2, 0.25) is 0 Å². The van der Waals surface area contributed by atoms with Gasteiger partial charge in [-0.25, -0.2) is 13.8 Å². The molecule has 0 saturated carbocycles. The van der Waals surface area contributed by atoms with Gasteiger partial charge < -0.3 is 9.88 Å². The standard InChI is InChI=1S/C26H27F2N5O/c1-16(2)25(32-15-29-22-11-19(27)20(28)12-24(22)32)26(34)31-21-9-6-10-23-18(21)13-30-33(23)14-17-7-4-3-5-8-17/h3-5,7-8,11-13,15-16,21,25H,6,9-10,14H2,1-2H3,(H,31,34). The number of halogens is 2. The fraction of sp³-hybridized carbons (Fsp3) is 0.346. The Morgan fingerprint density at radius 1 is 1.18 bits per heavy atom. The van der Waals surface area contributed by atoms with Crippen molar-refractivity contribution >= 4 is 16.9 Å². The van der Waals surface area contributed by atoms with E-state index in [9.17, 15) is 13.6 Å². The number of carbonyl (C=O) groups is 1. The first-order chi connectivity index (χ1) is 16.4. The van der Waals surface area contributed by atoms with Crippen LogP contribution in [-0.4, -0.2) is 25.2 Å². The van der Waals surface area contributed by atoms with Crippen LogP contribution in [0.3, 0.4) is 0 Å². The quantitative estimate of drug-likeness (QED) is 0.440. The van der Waals surface area contributed by atoms with Crippen molar-refractivity contribution in [2.45, 2.75) is 51.7 Å². The van der Waals surface area contributed by atoms with Crippen LogP contribution >= 0.6 is 0 Å². The molecule has 34 heavy (non-hydrogen) atoms. The van der Waals surface area contributed by atoms with E-state index < -0.39 is 17.7 Å². The first-order valence-electron chi connectivity index (χ1n) is 11.6. The van der Waals surface area contributed by atoms with Crippen molar-refractivity contribution in [1.82, 2.24) is 24.6 Å². The van der Waals surface area contributed by atoms with Crippen LogP contribution in [0.25, 0.3) is 11.0 Å². The molecule has 1 aliphatic rings. The number of imidazole rings is 1. The normalized spacial score (nSPS) is 16.6. The molecule has 0 aliphatic heterocycles. The number of hydrogen-bond acceptors (Lipinski definition) is 3. The van der Waals surface area contributed by atoms with E-state index >= 15 is 0 Å². The van der Waals surface area contributed by atoms with Gasteiger partial charge in [0.1, 0.15) is 6.04 Å². The van der Waals surface area contributed by atoms with Gasteiger partial charge in [0.05, 0.1) is 36.1 Å². The van der Waals surface area contributed by atoms with Crippen LogP contribution in [0.1, 0.15) is 55.6 Å². The van der Waals surface area contributed by atoms with Crippen molar-refractivity contribution in [1.29, 1.82) is 0 Å². The topological polar surface area (TPSA) is 64.7 Å². The third-order valence-electron chi connectivity index (χ3n) is 6.57. The predicted octanol–water partition coefficient (Wildman–Crippen LogP) is 4.95. The van der Waals surface area contributed by atoms with E-state index in [4.69, 9.17) is 0 Å². The third-order valence-corrected chi connectivity index (χ3v) is 6.57. The van der Waals surface area contributed by atoms with E-state index in [2.05, 4.69) is 27.5 Å². The molecule has 2 heterocycles. The summed E-state index contributed by atoms with van der Waals surface area (Å²) in [5, 5.41) is 7.82. The van der Waals surface area contributed by atoms with Gasteiger partial charge in [0.15, 0.2) is 11.6 Å². The van der Waals surface area contributed by atoms with Crippen LogP contribution in [0.4, 0.5) is 8.78 Å². The van der Waals surface area contributed by atoms with Gasteiger partial charge in [-0.2, -0.15) is 5.10 Å². The lowest BCUT2D eigenvalue weighted by Crippen LogP contribution is -2.38. The maximum atomic E-state index is 13.9. The summed E-state index contributed by atoms with van der Waals surface area (Å²) in [4.78, 5) is 17.7. The molecule has 6 nitrogen and oxygen atoms in total. The Balaban J connectivity index is 1.40. The summed E-state index contributed by atoms with van der Waals surface area (Å²) in [5.41, 5.74) is 4.08. The molecule has 2 atom stereocenters. The largest absolute Gasteiger partial charge is 0.347 e. The number of hydrogen-bond donors (Lipinski definition) is 1. The first kappa shape index (κ1) is 22.3. The summed E-state index contributed by atoms with van der Waals surface area (Å²) in [5.74, 6) is -2.17. The first-order valence-corrected chi connectivity index (χ1v) is 11.6. The van der Waals surface area contributed by atoms with Gasteiger partial charge in [-0.3, -0.25) is 9.48 Å². The maximum absolute atomic E-state index is 13.9. The van der Waals surface area contributed by atoms with Crippen LogP contribution < -0.4 is 5.32 Å². The van der Waals surface area contributed by atoms with E-state index in [-0.39, 0.29) is 17.9 Å². The average molecular weight is 464 g/mol. The summed E-state index contributed by atoms with van der Waals surface area (Å²) >= 11 is 0. The molecule has 2 unspecified atom stereocenters. The molecule has 2 aromatic carbocycles. The van der Waals surface area contributed by atoms with Crippen molar-refractivity contribution in [3.8, 4) is 0 Å². The lowest BCUT2D eigenvalue weighted by Gasteiger charge is -2.28. The van der Waals surface area contributed by atoms with Gasteiger partial charge >= 0.3 is 0 Å². The van der Waals surface area contributed by atoms with Gasteiger partial charge in [-0.1, -0.05) is 44.2 Å². The minimum absolute atomic E-state index is 0.0885. The Labute approximate surface area is 196 Å². The second-order valence-corrected chi connectivity index (χ2v) is 9.24. The molecule has 176 valence electrons. The summed E-state index contributed by atoms with van der Waals surface area (Å²) in [6.45, 7) is 4.55. The molecule has 0 saturated heterocycles. The number of fused-ring (bicyclic) bond motifs is 2. The van der Waals surface area contributed by atoms with Crippen molar-refractivity contribution in [3.63, 3.8) is 0 Å². The lowest BCUT2D eigenvalue weighted by molar-refractivity contribution is -0.126. The average Bonchev–Trinajstić information content (AvgIpc) is 3.40.